The number of benzene rings is 1. The summed E-state index contributed by atoms with van der Waals surface area (Å²) in [5.74, 6) is 1.71. The van der Waals surface area contributed by atoms with Gasteiger partial charge in [-0.1, -0.05) is 18.2 Å². The van der Waals surface area contributed by atoms with Crippen LogP contribution in [0.2, 0.25) is 0 Å². The average Bonchev–Trinajstić information content (AvgIpc) is 2.46. The fourth-order valence-electron chi connectivity index (χ4n) is 2.78. The molecule has 1 unspecified atom stereocenters. The number of nitrogens with two attached hydrogens (primary N) is 1. The standard InChI is InChI=1S/C15H24N2O/c1-12(14-5-3-4-6-15(14)18-2)17-9-7-13(11-16)8-10-17/h3-6,12-13H,7-11,16H2,1-2H3. The van der Waals surface area contributed by atoms with Gasteiger partial charge < -0.3 is 10.5 Å². The lowest BCUT2D eigenvalue weighted by molar-refractivity contribution is 0.142. The van der Waals surface area contributed by atoms with Crippen molar-refractivity contribution in [3.8, 4) is 5.75 Å². The zero-order chi connectivity index (χ0) is 13.0. The molecule has 1 aliphatic heterocycles. The molecule has 2 rings (SSSR count). The number of rotatable bonds is 4. The molecular formula is C15H24N2O. The summed E-state index contributed by atoms with van der Waals surface area (Å²) >= 11 is 0. The summed E-state index contributed by atoms with van der Waals surface area (Å²) in [5, 5.41) is 0. The lowest BCUT2D eigenvalue weighted by Crippen LogP contribution is -2.37. The predicted octanol–water partition coefficient (Wildman–Crippen LogP) is 2.43. The van der Waals surface area contributed by atoms with Crippen molar-refractivity contribution in [2.75, 3.05) is 26.7 Å². The number of hydrogen-bond donors (Lipinski definition) is 1. The summed E-state index contributed by atoms with van der Waals surface area (Å²) in [5.41, 5.74) is 7.03. The monoisotopic (exact) mass is 248 g/mol. The summed E-state index contributed by atoms with van der Waals surface area (Å²) in [6.07, 6.45) is 2.44. The van der Waals surface area contributed by atoms with Crippen LogP contribution in [0.1, 0.15) is 31.4 Å². The van der Waals surface area contributed by atoms with Crippen molar-refractivity contribution < 1.29 is 4.74 Å². The van der Waals surface area contributed by atoms with Crippen LogP contribution < -0.4 is 10.5 Å². The lowest BCUT2D eigenvalue weighted by Gasteiger charge is -2.36. The first kappa shape index (κ1) is 13.4. The van der Waals surface area contributed by atoms with Crippen LogP contribution in [0.25, 0.3) is 0 Å². The fourth-order valence-corrected chi connectivity index (χ4v) is 2.78. The minimum absolute atomic E-state index is 0.417. The first-order chi connectivity index (χ1) is 8.76. The van der Waals surface area contributed by atoms with E-state index in [1.807, 2.05) is 12.1 Å². The van der Waals surface area contributed by atoms with Crippen molar-refractivity contribution in [3.63, 3.8) is 0 Å². The molecule has 3 heteroatoms. The molecule has 1 atom stereocenters. The Labute approximate surface area is 110 Å². The van der Waals surface area contributed by atoms with Gasteiger partial charge in [0.15, 0.2) is 0 Å². The average molecular weight is 248 g/mol. The molecule has 1 fully saturated rings. The van der Waals surface area contributed by atoms with Gasteiger partial charge in [0.05, 0.1) is 7.11 Å². The molecular weight excluding hydrogens is 224 g/mol. The van der Waals surface area contributed by atoms with Crippen molar-refractivity contribution in [2.45, 2.75) is 25.8 Å². The maximum absolute atomic E-state index is 5.74. The van der Waals surface area contributed by atoms with E-state index in [2.05, 4.69) is 24.0 Å². The van der Waals surface area contributed by atoms with E-state index in [9.17, 15) is 0 Å². The van der Waals surface area contributed by atoms with E-state index in [0.29, 0.717) is 12.0 Å². The first-order valence-electron chi connectivity index (χ1n) is 6.83. The molecule has 1 heterocycles. The molecule has 1 aromatic rings. The van der Waals surface area contributed by atoms with Crippen LogP contribution in [0.3, 0.4) is 0 Å². The van der Waals surface area contributed by atoms with Crippen LogP contribution >= 0.6 is 0 Å². The van der Waals surface area contributed by atoms with Crippen molar-refractivity contribution >= 4 is 0 Å². The van der Waals surface area contributed by atoms with E-state index < -0.39 is 0 Å². The number of methoxy groups -OCH3 is 1. The molecule has 0 amide bonds. The van der Waals surface area contributed by atoms with Crippen molar-refractivity contribution in [3.05, 3.63) is 29.8 Å². The lowest BCUT2D eigenvalue weighted by atomic mass is 9.94. The van der Waals surface area contributed by atoms with Crippen molar-refractivity contribution in [1.29, 1.82) is 0 Å². The Kier molecular flexibility index (Phi) is 4.61. The number of ether oxygens (including phenoxy) is 1. The Morgan fingerprint density at radius 3 is 2.61 bits per heavy atom. The van der Waals surface area contributed by atoms with Crippen molar-refractivity contribution in [2.24, 2.45) is 11.7 Å². The molecule has 0 spiro atoms. The molecule has 0 aromatic heterocycles. The molecule has 0 radical (unpaired) electrons. The van der Waals surface area contributed by atoms with Gasteiger partial charge >= 0.3 is 0 Å². The third kappa shape index (κ3) is 2.85. The van der Waals surface area contributed by atoms with Crippen LogP contribution in [0.15, 0.2) is 24.3 Å². The van der Waals surface area contributed by atoms with Crippen LogP contribution in [0.5, 0.6) is 5.75 Å². The van der Waals surface area contributed by atoms with Crippen LogP contribution in [-0.4, -0.2) is 31.6 Å². The highest BCUT2D eigenvalue weighted by Gasteiger charge is 2.24. The fraction of sp³-hybridized carbons (Fsp3) is 0.600. The molecule has 0 saturated carbocycles. The third-order valence-electron chi connectivity index (χ3n) is 4.12. The number of hydrogen-bond acceptors (Lipinski definition) is 3. The summed E-state index contributed by atoms with van der Waals surface area (Å²) in [4.78, 5) is 2.53. The van der Waals surface area contributed by atoms with E-state index in [1.165, 1.54) is 18.4 Å². The minimum Gasteiger partial charge on any atom is -0.496 e. The topological polar surface area (TPSA) is 38.5 Å². The van der Waals surface area contributed by atoms with Gasteiger partial charge in [0.25, 0.3) is 0 Å². The highest BCUT2D eigenvalue weighted by atomic mass is 16.5. The quantitative estimate of drug-likeness (QED) is 0.889. The smallest absolute Gasteiger partial charge is 0.123 e. The van der Waals surface area contributed by atoms with Gasteiger partial charge in [-0.05, 0) is 51.4 Å². The number of para-hydroxylation sites is 1. The molecule has 1 saturated heterocycles. The second-order valence-corrected chi connectivity index (χ2v) is 5.13. The molecule has 18 heavy (non-hydrogen) atoms. The predicted molar refractivity (Wildman–Crippen MR) is 74.8 cm³/mol. The van der Waals surface area contributed by atoms with E-state index in [1.54, 1.807) is 7.11 Å². The maximum Gasteiger partial charge on any atom is 0.123 e. The molecule has 0 bridgehead atoms. The van der Waals surface area contributed by atoms with Crippen LogP contribution in [-0.2, 0) is 0 Å². The van der Waals surface area contributed by atoms with E-state index in [0.717, 1.165) is 25.4 Å². The Morgan fingerprint density at radius 2 is 2.00 bits per heavy atom. The second kappa shape index (κ2) is 6.21. The van der Waals surface area contributed by atoms with Crippen LogP contribution in [0.4, 0.5) is 0 Å². The second-order valence-electron chi connectivity index (χ2n) is 5.13. The van der Waals surface area contributed by atoms with Gasteiger partial charge in [0.2, 0.25) is 0 Å². The van der Waals surface area contributed by atoms with E-state index in [4.69, 9.17) is 10.5 Å². The molecule has 1 aliphatic rings. The van der Waals surface area contributed by atoms with E-state index >= 15 is 0 Å². The number of likely N-dealkylation sites (tertiary alicyclic amines) is 1. The largest absolute Gasteiger partial charge is 0.496 e. The Hall–Kier alpha value is -1.06. The Morgan fingerprint density at radius 1 is 1.33 bits per heavy atom. The summed E-state index contributed by atoms with van der Waals surface area (Å²) in [7, 11) is 1.74. The highest BCUT2D eigenvalue weighted by Crippen LogP contribution is 2.31. The van der Waals surface area contributed by atoms with Crippen LogP contribution in [0, 0.1) is 5.92 Å². The highest BCUT2D eigenvalue weighted by molar-refractivity contribution is 5.35. The SMILES string of the molecule is COc1ccccc1C(C)N1CCC(CN)CC1. The summed E-state index contributed by atoms with van der Waals surface area (Å²) < 4.78 is 5.45. The number of piperidine rings is 1. The molecule has 100 valence electrons. The summed E-state index contributed by atoms with van der Waals surface area (Å²) in [6.45, 7) is 5.37. The summed E-state index contributed by atoms with van der Waals surface area (Å²) in [6, 6.07) is 8.73. The number of nitrogens with zero attached hydrogens (tertiary/aromatic N) is 1. The van der Waals surface area contributed by atoms with Gasteiger partial charge in [0, 0.05) is 11.6 Å². The van der Waals surface area contributed by atoms with Gasteiger partial charge in [-0.15, -0.1) is 0 Å². The molecule has 2 N–H and O–H groups in total. The van der Waals surface area contributed by atoms with Gasteiger partial charge in [-0.2, -0.15) is 0 Å². The first-order valence-corrected chi connectivity index (χ1v) is 6.83. The maximum atomic E-state index is 5.74. The Bertz CT molecular complexity index is 373. The van der Waals surface area contributed by atoms with E-state index in [-0.39, 0.29) is 0 Å². The Balaban J connectivity index is 2.05. The minimum atomic E-state index is 0.417. The zero-order valence-electron chi connectivity index (χ0n) is 11.4. The molecule has 3 nitrogen and oxygen atoms in total. The van der Waals surface area contributed by atoms with Gasteiger partial charge in [-0.25, -0.2) is 0 Å². The van der Waals surface area contributed by atoms with Crippen molar-refractivity contribution in [1.82, 2.24) is 4.90 Å². The van der Waals surface area contributed by atoms with Gasteiger partial charge in [0.1, 0.15) is 5.75 Å². The normalized spacial score (nSPS) is 19.7. The van der Waals surface area contributed by atoms with Gasteiger partial charge in [-0.3, -0.25) is 4.90 Å². The molecule has 1 aromatic carbocycles. The molecule has 0 aliphatic carbocycles. The zero-order valence-corrected chi connectivity index (χ0v) is 11.4. The third-order valence-corrected chi connectivity index (χ3v) is 4.12.